The van der Waals surface area contributed by atoms with E-state index in [-0.39, 0.29) is 0 Å². The molecule has 0 spiro atoms. The highest BCUT2D eigenvalue weighted by Gasteiger charge is 2.16. The number of rotatable bonds is 6. The third-order valence-corrected chi connectivity index (χ3v) is 7.56. The maximum atomic E-state index is 6.23. The van der Waals surface area contributed by atoms with Gasteiger partial charge in [0.1, 0.15) is 0 Å². The van der Waals surface area contributed by atoms with Gasteiger partial charge in [0.05, 0.1) is 0 Å². The molecule has 0 saturated heterocycles. The van der Waals surface area contributed by atoms with E-state index in [1.54, 1.807) is 0 Å². The Bertz CT molecular complexity index is 1750. The summed E-state index contributed by atoms with van der Waals surface area (Å²) < 4.78 is 0. The van der Waals surface area contributed by atoms with Crippen molar-refractivity contribution in [3.8, 4) is 22.3 Å². The van der Waals surface area contributed by atoms with Crippen molar-refractivity contribution in [3.05, 3.63) is 127 Å². The Morgan fingerprint density at radius 1 is 0.553 bits per heavy atom. The number of anilines is 1. The van der Waals surface area contributed by atoms with Gasteiger partial charge in [0.25, 0.3) is 0 Å². The predicted octanol–water partition coefficient (Wildman–Crippen LogP) is 9.88. The molecule has 6 aromatic rings. The summed E-state index contributed by atoms with van der Waals surface area (Å²) in [7, 11) is 0. The first-order chi connectivity index (χ1) is 18.7. The van der Waals surface area contributed by atoms with Crippen LogP contribution in [0.2, 0.25) is 0 Å². The van der Waals surface area contributed by atoms with Crippen LogP contribution in [0.3, 0.4) is 0 Å². The van der Waals surface area contributed by atoms with Gasteiger partial charge < -0.3 is 11.1 Å². The largest absolute Gasteiger partial charge is 0.401 e. The van der Waals surface area contributed by atoms with Crippen molar-refractivity contribution in [1.29, 1.82) is 0 Å². The van der Waals surface area contributed by atoms with Gasteiger partial charge in [0, 0.05) is 17.1 Å². The summed E-state index contributed by atoms with van der Waals surface area (Å²) in [6.07, 6.45) is 1.72. The third-order valence-electron chi connectivity index (χ3n) is 7.56. The Balaban J connectivity index is 1.55. The summed E-state index contributed by atoms with van der Waals surface area (Å²) in [4.78, 5) is 0. The lowest BCUT2D eigenvalue weighted by Gasteiger charge is -2.18. The third kappa shape index (κ3) is 4.18. The molecule has 0 saturated carbocycles. The molecule has 2 nitrogen and oxygen atoms in total. The normalized spacial score (nSPS) is 12.2. The molecule has 38 heavy (non-hydrogen) atoms. The van der Waals surface area contributed by atoms with Crippen LogP contribution in [0.25, 0.3) is 54.6 Å². The van der Waals surface area contributed by atoms with Gasteiger partial charge in [-0.25, -0.2) is 0 Å². The number of allylic oxidation sites excluding steroid dienone is 2. The maximum absolute atomic E-state index is 6.23. The van der Waals surface area contributed by atoms with Crippen LogP contribution in [-0.4, -0.2) is 0 Å². The van der Waals surface area contributed by atoms with Crippen molar-refractivity contribution in [2.24, 2.45) is 5.73 Å². The highest BCUT2D eigenvalue weighted by molar-refractivity contribution is 6.21. The summed E-state index contributed by atoms with van der Waals surface area (Å²) in [5.41, 5.74) is 14.3. The van der Waals surface area contributed by atoms with Crippen LogP contribution >= 0.6 is 0 Å². The second-order valence-corrected chi connectivity index (χ2v) is 9.82. The second kappa shape index (κ2) is 10.1. The average Bonchev–Trinajstić information content (AvgIpc) is 2.98. The Kier molecular flexibility index (Phi) is 6.31. The van der Waals surface area contributed by atoms with E-state index in [9.17, 15) is 0 Å². The van der Waals surface area contributed by atoms with Crippen molar-refractivity contribution in [2.45, 2.75) is 26.7 Å². The highest BCUT2D eigenvalue weighted by atomic mass is 14.9. The van der Waals surface area contributed by atoms with Crippen LogP contribution in [0, 0.1) is 0 Å². The predicted molar refractivity (Wildman–Crippen MR) is 165 cm³/mol. The van der Waals surface area contributed by atoms with Crippen LogP contribution in [0.5, 0.6) is 0 Å². The quantitative estimate of drug-likeness (QED) is 0.227. The molecule has 0 heterocycles. The van der Waals surface area contributed by atoms with E-state index < -0.39 is 0 Å². The number of fused-ring (bicyclic) bond motifs is 3. The van der Waals surface area contributed by atoms with E-state index in [4.69, 9.17) is 5.73 Å². The number of benzene rings is 6. The molecule has 186 valence electrons. The standard InChI is InChI=1S/C36H32N2/c1-3-33(37)34(4-2)38-28-21-19-25(20-22-28)35-29-13-7-9-15-31(29)36(32-16-10-8-14-30(32)35)27-18-17-24-11-5-6-12-26(24)23-27/h5-23,38H,3-4,37H2,1-2H3/b34-33-. The molecule has 0 radical (unpaired) electrons. The van der Waals surface area contributed by atoms with Gasteiger partial charge in [-0.15, -0.1) is 0 Å². The van der Waals surface area contributed by atoms with Crippen molar-refractivity contribution in [2.75, 3.05) is 5.32 Å². The molecule has 0 aliphatic rings. The Morgan fingerprint density at radius 3 is 1.61 bits per heavy atom. The summed E-state index contributed by atoms with van der Waals surface area (Å²) >= 11 is 0. The lowest BCUT2D eigenvalue weighted by molar-refractivity contribution is 0.971. The van der Waals surface area contributed by atoms with Gasteiger partial charge >= 0.3 is 0 Å². The molecule has 0 fully saturated rings. The Hall–Kier alpha value is -4.56. The topological polar surface area (TPSA) is 38.0 Å². The summed E-state index contributed by atoms with van der Waals surface area (Å²) in [6.45, 7) is 4.22. The van der Waals surface area contributed by atoms with Gasteiger partial charge in [-0.2, -0.15) is 0 Å². The van der Waals surface area contributed by atoms with Crippen molar-refractivity contribution >= 4 is 38.0 Å². The molecular weight excluding hydrogens is 460 g/mol. The van der Waals surface area contributed by atoms with Crippen molar-refractivity contribution in [1.82, 2.24) is 0 Å². The lowest BCUT2D eigenvalue weighted by atomic mass is 9.85. The van der Waals surface area contributed by atoms with E-state index in [1.807, 2.05) is 0 Å². The minimum absolute atomic E-state index is 0.843. The van der Waals surface area contributed by atoms with Gasteiger partial charge in [0.15, 0.2) is 0 Å². The highest BCUT2D eigenvalue weighted by Crippen LogP contribution is 2.44. The minimum Gasteiger partial charge on any atom is -0.401 e. The smallest absolute Gasteiger partial charge is 0.0382 e. The fourth-order valence-corrected chi connectivity index (χ4v) is 5.60. The molecule has 0 bridgehead atoms. The summed E-state index contributed by atoms with van der Waals surface area (Å²) in [6, 6.07) is 41.8. The van der Waals surface area contributed by atoms with Crippen LogP contribution in [0.1, 0.15) is 26.7 Å². The van der Waals surface area contributed by atoms with E-state index in [2.05, 4.69) is 134 Å². The fraction of sp³-hybridized carbons (Fsp3) is 0.111. The van der Waals surface area contributed by atoms with E-state index in [1.165, 1.54) is 54.6 Å². The average molecular weight is 493 g/mol. The van der Waals surface area contributed by atoms with Crippen LogP contribution in [0.4, 0.5) is 5.69 Å². The lowest BCUT2D eigenvalue weighted by Crippen LogP contribution is -2.08. The first-order valence-corrected chi connectivity index (χ1v) is 13.5. The van der Waals surface area contributed by atoms with Crippen LogP contribution < -0.4 is 11.1 Å². The molecule has 0 atom stereocenters. The summed E-state index contributed by atoms with van der Waals surface area (Å²) in [5.74, 6) is 0. The number of nitrogens with two attached hydrogens (primary N) is 1. The molecule has 3 N–H and O–H groups in total. The van der Waals surface area contributed by atoms with Crippen LogP contribution in [-0.2, 0) is 0 Å². The van der Waals surface area contributed by atoms with Crippen molar-refractivity contribution < 1.29 is 0 Å². The number of nitrogens with one attached hydrogen (secondary N) is 1. The Morgan fingerprint density at radius 2 is 1.05 bits per heavy atom. The zero-order valence-electron chi connectivity index (χ0n) is 22.0. The SMILES string of the molecule is CC/C(N)=C(\CC)Nc1ccc(-c2c3ccccc3c(-c3ccc4ccccc4c3)c3ccccc23)cc1. The Labute approximate surface area is 224 Å². The molecule has 6 rings (SSSR count). The molecule has 0 amide bonds. The van der Waals surface area contributed by atoms with Gasteiger partial charge in [-0.05, 0) is 85.6 Å². The maximum Gasteiger partial charge on any atom is 0.0382 e. The number of hydrogen-bond donors (Lipinski definition) is 2. The second-order valence-electron chi connectivity index (χ2n) is 9.82. The van der Waals surface area contributed by atoms with Gasteiger partial charge in [-0.1, -0.05) is 111 Å². The van der Waals surface area contributed by atoms with E-state index in [0.717, 1.165) is 29.9 Å². The molecule has 0 unspecified atom stereocenters. The van der Waals surface area contributed by atoms with E-state index in [0.29, 0.717) is 0 Å². The van der Waals surface area contributed by atoms with Crippen LogP contribution in [0.15, 0.2) is 127 Å². The van der Waals surface area contributed by atoms with Gasteiger partial charge in [0.2, 0.25) is 0 Å². The van der Waals surface area contributed by atoms with Crippen molar-refractivity contribution in [3.63, 3.8) is 0 Å². The molecular formula is C36H32N2. The molecule has 0 aliphatic carbocycles. The molecule has 2 heteroatoms. The monoisotopic (exact) mass is 492 g/mol. The van der Waals surface area contributed by atoms with E-state index >= 15 is 0 Å². The molecule has 0 aromatic heterocycles. The fourth-order valence-electron chi connectivity index (χ4n) is 5.60. The first-order valence-electron chi connectivity index (χ1n) is 13.5. The summed E-state index contributed by atoms with van der Waals surface area (Å²) in [5, 5.41) is 11.1. The zero-order valence-corrected chi connectivity index (χ0v) is 22.0. The van der Waals surface area contributed by atoms with Gasteiger partial charge in [-0.3, -0.25) is 0 Å². The number of hydrogen-bond acceptors (Lipinski definition) is 2. The molecule has 0 aliphatic heterocycles. The zero-order chi connectivity index (χ0) is 26.1. The first kappa shape index (κ1) is 23.8. The minimum atomic E-state index is 0.843. The molecule has 6 aromatic carbocycles.